The van der Waals surface area contributed by atoms with Gasteiger partial charge in [0.2, 0.25) is 10.0 Å². The van der Waals surface area contributed by atoms with Crippen LogP contribution in [-0.2, 0) is 19.6 Å². The van der Waals surface area contributed by atoms with Gasteiger partial charge in [-0.2, -0.15) is 4.72 Å². The van der Waals surface area contributed by atoms with Gasteiger partial charge in [0, 0.05) is 12.7 Å². The summed E-state index contributed by atoms with van der Waals surface area (Å²) in [6.45, 7) is 2.36. The van der Waals surface area contributed by atoms with Crippen LogP contribution in [0.3, 0.4) is 0 Å². The summed E-state index contributed by atoms with van der Waals surface area (Å²) in [5, 5.41) is 20.3. The van der Waals surface area contributed by atoms with Crippen LogP contribution in [0.15, 0.2) is 23.4 Å². The fraction of sp³-hybridized carbons (Fsp3) is 0.364. The molecule has 1 aromatic rings. The molecule has 0 fully saturated rings. The van der Waals surface area contributed by atoms with Crippen LogP contribution in [0.4, 0.5) is 5.69 Å². The Morgan fingerprint density at radius 1 is 1.33 bits per heavy atom. The molecule has 0 amide bonds. The molecule has 1 unspecified atom stereocenters. The number of sulfonamides is 1. The number of aromatic nitrogens is 1. The highest BCUT2D eigenvalue weighted by Gasteiger charge is 2.27. The van der Waals surface area contributed by atoms with Gasteiger partial charge in [-0.15, -0.1) is 0 Å². The van der Waals surface area contributed by atoms with Crippen molar-refractivity contribution in [1.29, 1.82) is 0 Å². The Kier molecular flexibility index (Phi) is 5.61. The average Bonchev–Trinajstić information content (AvgIpc) is 2.38. The Balaban J connectivity index is 3.01. The molecule has 0 saturated heterocycles. The number of hydrogen-bond acceptors (Lipinski definition) is 6. The minimum Gasteiger partial charge on any atom is -0.481 e. The van der Waals surface area contributed by atoms with Crippen LogP contribution in [0, 0.1) is 0 Å². The molecule has 0 aliphatic carbocycles. The van der Waals surface area contributed by atoms with Gasteiger partial charge in [0.15, 0.2) is 0 Å². The predicted molar refractivity (Wildman–Crippen MR) is 72.4 cm³/mol. The van der Waals surface area contributed by atoms with Crippen molar-refractivity contribution in [3.05, 3.63) is 18.5 Å². The molecule has 0 aliphatic rings. The fourth-order valence-electron chi connectivity index (χ4n) is 1.48. The Bertz CT molecular complexity index is 631. The maximum atomic E-state index is 12.0. The SMILES string of the molecule is CCNc1cncc(S(=O)(=O)NC(CC(=O)O)C(=O)O)c1. The average molecular weight is 317 g/mol. The maximum absolute atomic E-state index is 12.0. The van der Waals surface area contributed by atoms with Crippen LogP contribution in [0.1, 0.15) is 13.3 Å². The molecule has 116 valence electrons. The van der Waals surface area contributed by atoms with Crippen molar-refractivity contribution in [1.82, 2.24) is 9.71 Å². The number of anilines is 1. The van der Waals surface area contributed by atoms with E-state index in [0.29, 0.717) is 12.2 Å². The summed E-state index contributed by atoms with van der Waals surface area (Å²) in [7, 11) is -4.19. The number of aliphatic carboxylic acids is 2. The molecule has 0 aromatic carbocycles. The first-order valence-corrected chi connectivity index (χ1v) is 7.40. The topological polar surface area (TPSA) is 146 Å². The summed E-state index contributed by atoms with van der Waals surface area (Å²) >= 11 is 0. The number of rotatable bonds is 8. The van der Waals surface area contributed by atoms with Crippen molar-refractivity contribution in [3.8, 4) is 0 Å². The molecule has 4 N–H and O–H groups in total. The minimum atomic E-state index is -4.19. The molecular formula is C11H15N3O6S. The van der Waals surface area contributed by atoms with Gasteiger partial charge in [0.1, 0.15) is 10.9 Å². The number of carboxylic acid groups (broad SMARTS) is 2. The summed E-state index contributed by atoms with van der Waals surface area (Å²) in [4.78, 5) is 24.9. The number of carboxylic acids is 2. The second-order valence-electron chi connectivity index (χ2n) is 4.05. The number of nitrogens with one attached hydrogen (secondary N) is 2. The molecule has 1 heterocycles. The van der Waals surface area contributed by atoms with E-state index in [1.165, 1.54) is 12.3 Å². The van der Waals surface area contributed by atoms with Crippen LogP contribution in [0.5, 0.6) is 0 Å². The maximum Gasteiger partial charge on any atom is 0.322 e. The standard InChI is InChI=1S/C11H15N3O6S/c1-2-13-7-3-8(6-12-5-7)21(19,20)14-9(11(17)18)4-10(15)16/h3,5-6,9,13-14H,2,4H2,1H3,(H,15,16)(H,17,18). The molecule has 1 aromatic heterocycles. The highest BCUT2D eigenvalue weighted by Crippen LogP contribution is 2.14. The molecule has 0 saturated carbocycles. The van der Waals surface area contributed by atoms with Crippen molar-refractivity contribution in [2.24, 2.45) is 0 Å². The zero-order valence-electron chi connectivity index (χ0n) is 11.1. The second kappa shape index (κ2) is 6.99. The highest BCUT2D eigenvalue weighted by atomic mass is 32.2. The summed E-state index contributed by atoms with van der Waals surface area (Å²) in [5.41, 5.74) is 0.450. The normalized spacial score (nSPS) is 12.6. The van der Waals surface area contributed by atoms with Gasteiger partial charge in [-0.05, 0) is 13.0 Å². The van der Waals surface area contributed by atoms with Crippen molar-refractivity contribution >= 4 is 27.6 Å². The minimum absolute atomic E-state index is 0.252. The first-order valence-electron chi connectivity index (χ1n) is 5.92. The summed E-state index contributed by atoms with van der Waals surface area (Å²) in [6, 6.07) is -0.478. The van der Waals surface area contributed by atoms with E-state index >= 15 is 0 Å². The van der Waals surface area contributed by atoms with E-state index in [-0.39, 0.29) is 4.90 Å². The van der Waals surface area contributed by atoms with E-state index in [9.17, 15) is 18.0 Å². The van der Waals surface area contributed by atoms with Gasteiger partial charge in [-0.3, -0.25) is 14.6 Å². The zero-order chi connectivity index (χ0) is 16.0. The first kappa shape index (κ1) is 16.9. The molecule has 0 bridgehead atoms. The molecule has 9 nitrogen and oxygen atoms in total. The predicted octanol–water partition coefficient (Wildman–Crippen LogP) is -0.280. The third kappa shape index (κ3) is 5.00. The van der Waals surface area contributed by atoms with Crippen molar-refractivity contribution < 1.29 is 28.2 Å². The summed E-state index contributed by atoms with van der Waals surface area (Å²) in [6.07, 6.45) is 1.59. The van der Waals surface area contributed by atoms with Crippen LogP contribution in [0.25, 0.3) is 0 Å². The van der Waals surface area contributed by atoms with Crippen LogP contribution in [0.2, 0.25) is 0 Å². The van der Waals surface area contributed by atoms with Gasteiger partial charge in [0.05, 0.1) is 18.3 Å². The van der Waals surface area contributed by atoms with Crippen molar-refractivity contribution in [2.75, 3.05) is 11.9 Å². The van der Waals surface area contributed by atoms with Crippen LogP contribution >= 0.6 is 0 Å². The number of hydrogen-bond donors (Lipinski definition) is 4. The molecule has 10 heteroatoms. The Morgan fingerprint density at radius 3 is 2.52 bits per heavy atom. The quantitative estimate of drug-likeness (QED) is 0.512. The Labute approximate surface area is 121 Å². The molecule has 0 aliphatic heterocycles. The summed E-state index contributed by atoms with van der Waals surface area (Å²) in [5.74, 6) is -3.00. The van der Waals surface area contributed by atoms with Crippen molar-refractivity contribution in [3.63, 3.8) is 0 Å². The van der Waals surface area contributed by atoms with Gasteiger partial charge in [-0.1, -0.05) is 0 Å². The lowest BCUT2D eigenvalue weighted by Gasteiger charge is -2.13. The lowest BCUT2D eigenvalue weighted by Crippen LogP contribution is -2.42. The van der Waals surface area contributed by atoms with Crippen LogP contribution < -0.4 is 10.0 Å². The second-order valence-corrected chi connectivity index (χ2v) is 5.76. The molecule has 1 atom stereocenters. The van der Waals surface area contributed by atoms with E-state index in [4.69, 9.17) is 10.2 Å². The molecule has 0 radical (unpaired) electrons. The molecular weight excluding hydrogens is 302 g/mol. The molecule has 21 heavy (non-hydrogen) atoms. The Morgan fingerprint density at radius 2 is 2.00 bits per heavy atom. The van der Waals surface area contributed by atoms with E-state index in [2.05, 4.69) is 10.3 Å². The van der Waals surface area contributed by atoms with Gasteiger partial charge < -0.3 is 15.5 Å². The van der Waals surface area contributed by atoms with Crippen LogP contribution in [-0.4, -0.2) is 48.1 Å². The largest absolute Gasteiger partial charge is 0.481 e. The van der Waals surface area contributed by atoms with Crippen molar-refractivity contribution in [2.45, 2.75) is 24.3 Å². The lowest BCUT2D eigenvalue weighted by atomic mass is 10.2. The third-order valence-corrected chi connectivity index (χ3v) is 3.82. The van der Waals surface area contributed by atoms with E-state index in [1.54, 1.807) is 0 Å². The van der Waals surface area contributed by atoms with E-state index < -0.39 is 34.4 Å². The van der Waals surface area contributed by atoms with Gasteiger partial charge in [0.25, 0.3) is 0 Å². The number of pyridine rings is 1. The monoisotopic (exact) mass is 317 g/mol. The molecule has 0 spiro atoms. The van der Waals surface area contributed by atoms with E-state index in [0.717, 1.165) is 6.20 Å². The van der Waals surface area contributed by atoms with Gasteiger partial charge in [-0.25, -0.2) is 8.42 Å². The zero-order valence-corrected chi connectivity index (χ0v) is 11.9. The Hall–Kier alpha value is -2.20. The van der Waals surface area contributed by atoms with Gasteiger partial charge >= 0.3 is 11.9 Å². The first-order chi connectivity index (χ1) is 9.76. The van der Waals surface area contributed by atoms with E-state index in [1.807, 2.05) is 11.6 Å². The molecule has 1 rings (SSSR count). The summed E-state index contributed by atoms with van der Waals surface area (Å²) < 4.78 is 25.9. The number of nitrogens with zero attached hydrogens (tertiary/aromatic N) is 1. The number of carbonyl (C=O) groups is 2. The third-order valence-electron chi connectivity index (χ3n) is 2.38. The fourth-order valence-corrected chi connectivity index (χ4v) is 2.65. The lowest BCUT2D eigenvalue weighted by molar-refractivity contribution is -0.145. The highest BCUT2D eigenvalue weighted by molar-refractivity contribution is 7.89. The smallest absolute Gasteiger partial charge is 0.322 e.